The Morgan fingerprint density at radius 3 is 2.52 bits per heavy atom. The van der Waals surface area contributed by atoms with Crippen molar-refractivity contribution in [1.29, 1.82) is 0 Å². The summed E-state index contributed by atoms with van der Waals surface area (Å²) in [7, 11) is -2.27. The van der Waals surface area contributed by atoms with Gasteiger partial charge in [0, 0.05) is 12.7 Å². The Labute approximate surface area is 188 Å². The SMILES string of the molecule is Cc1nc(-c2cccs2)sc1C(=O)Nc1cccc(S(=O)(=O)N(C)c2ccccc2)c1. The number of para-hydroxylation sites is 1. The molecule has 0 fully saturated rings. The van der Waals surface area contributed by atoms with Gasteiger partial charge in [0.05, 0.1) is 21.2 Å². The molecule has 2 aromatic heterocycles. The molecule has 6 nitrogen and oxygen atoms in total. The van der Waals surface area contributed by atoms with Gasteiger partial charge in [-0.15, -0.1) is 22.7 Å². The number of rotatable bonds is 6. The van der Waals surface area contributed by atoms with Gasteiger partial charge in [0.15, 0.2) is 0 Å². The minimum absolute atomic E-state index is 0.0944. The molecule has 0 aliphatic rings. The molecule has 0 atom stereocenters. The smallest absolute Gasteiger partial charge is 0.267 e. The molecule has 0 aliphatic heterocycles. The summed E-state index contributed by atoms with van der Waals surface area (Å²) in [4.78, 5) is 18.9. The van der Waals surface area contributed by atoms with E-state index in [1.54, 1.807) is 54.7 Å². The van der Waals surface area contributed by atoms with Crippen LogP contribution < -0.4 is 9.62 Å². The Bertz CT molecular complexity index is 1310. The molecule has 9 heteroatoms. The molecule has 1 N–H and O–H groups in total. The van der Waals surface area contributed by atoms with Crippen LogP contribution in [0.2, 0.25) is 0 Å². The number of anilines is 2. The highest BCUT2D eigenvalue weighted by molar-refractivity contribution is 7.92. The molecule has 0 aliphatic carbocycles. The number of hydrogen-bond acceptors (Lipinski definition) is 6. The Hall–Kier alpha value is -3.01. The van der Waals surface area contributed by atoms with E-state index >= 15 is 0 Å². The third-order valence-electron chi connectivity index (χ3n) is 4.60. The molecule has 1 amide bonds. The molecule has 4 rings (SSSR count). The third kappa shape index (κ3) is 4.39. The monoisotopic (exact) mass is 469 g/mol. The molecule has 0 unspecified atom stereocenters. The van der Waals surface area contributed by atoms with Crippen molar-refractivity contribution in [2.24, 2.45) is 0 Å². The van der Waals surface area contributed by atoms with Crippen LogP contribution in [-0.4, -0.2) is 26.4 Å². The Balaban J connectivity index is 1.57. The molecule has 0 radical (unpaired) electrons. The van der Waals surface area contributed by atoms with Gasteiger partial charge in [-0.25, -0.2) is 13.4 Å². The zero-order valence-corrected chi connectivity index (χ0v) is 19.2. The number of aromatic nitrogens is 1. The van der Waals surface area contributed by atoms with Gasteiger partial charge in [0.25, 0.3) is 15.9 Å². The number of nitrogens with one attached hydrogen (secondary N) is 1. The maximum Gasteiger partial charge on any atom is 0.267 e. The first-order valence-corrected chi connectivity index (χ1v) is 12.5. The summed E-state index contributed by atoms with van der Waals surface area (Å²) in [5.41, 5.74) is 1.59. The number of hydrogen-bond donors (Lipinski definition) is 1. The zero-order valence-electron chi connectivity index (χ0n) is 16.8. The molecule has 0 saturated carbocycles. The van der Waals surface area contributed by atoms with E-state index in [2.05, 4.69) is 10.3 Å². The van der Waals surface area contributed by atoms with E-state index in [-0.39, 0.29) is 10.8 Å². The summed E-state index contributed by atoms with van der Waals surface area (Å²) in [5.74, 6) is -0.316. The molecular formula is C22H19N3O3S3. The molecule has 0 spiro atoms. The lowest BCUT2D eigenvalue weighted by Gasteiger charge is -2.19. The maximum atomic E-state index is 13.0. The third-order valence-corrected chi connectivity index (χ3v) is 8.58. The van der Waals surface area contributed by atoms with Crippen molar-refractivity contribution in [3.8, 4) is 9.88 Å². The highest BCUT2D eigenvalue weighted by Gasteiger charge is 2.22. The molecule has 31 heavy (non-hydrogen) atoms. The minimum atomic E-state index is -3.77. The van der Waals surface area contributed by atoms with E-state index in [0.717, 1.165) is 9.88 Å². The van der Waals surface area contributed by atoms with E-state index in [1.165, 1.54) is 34.8 Å². The molecule has 0 saturated heterocycles. The van der Waals surface area contributed by atoms with Gasteiger partial charge in [-0.3, -0.25) is 9.10 Å². The minimum Gasteiger partial charge on any atom is -0.321 e. The molecule has 4 aromatic rings. The van der Waals surface area contributed by atoms with Crippen molar-refractivity contribution in [2.75, 3.05) is 16.7 Å². The van der Waals surface area contributed by atoms with Crippen molar-refractivity contribution in [3.63, 3.8) is 0 Å². The van der Waals surface area contributed by atoms with Crippen LogP contribution in [0.3, 0.4) is 0 Å². The number of nitrogens with zero attached hydrogens (tertiary/aromatic N) is 2. The van der Waals surface area contributed by atoms with Crippen molar-refractivity contribution >= 4 is 50.0 Å². The zero-order chi connectivity index (χ0) is 22.0. The number of aryl methyl sites for hydroxylation is 1. The number of carbonyl (C=O) groups is 1. The van der Waals surface area contributed by atoms with Crippen LogP contribution in [0.4, 0.5) is 11.4 Å². The normalized spacial score (nSPS) is 11.3. The van der Waals surface area contributed by atoms with E-state index in [4.69, 9.17) is 0 Å². The van der Waals surface area contributed by atoms with Crippen LogP contribution in [0.1, 0.15) is 15.4 Å². The highest BCUT2D eigenvalue weighted by atomic mass is 32.2. The lowest BCUT2D eigenvalue weighted by atomic mass is 10.3. The summed E-state index contributed by atoms with van der Waals surface area (Å²) in [5, 5.41) is 5.55. The Morgan fingerprint density at radius 2 is 1.81 bits per heavy atom. The summed E-state index contributed by atoms with van der Waals surface area (Å²) in [6.07, 6.45) is 0. The number of carbonyl (C=O) groups excluding carboxylic acids is 1. The van der Waals surface area contributed by atoms with Crippen molar-refractivity contribution in [3.05, 3.63) is 82.7 Å². The number of sulfonamides is 1. The van der Waals surface area contributed by atoms with Crippen LogP contribution in [-0.2, 0) is 10.0 Å². The second-order valence-corrected chi connectivity index (χ2v) is 10.6. The summed E-state index contributed by atoms with van der Waals surface area (Å²) in [6, 6.07) is 19.0. The van der Waals surface area contributed by atoms with E-state index in [9.17, 15) is 13.2 Å². The van der Waals surface area contributed by atoms with Crippen LogP contribution in [0, 0.1) is 6.92 Å². The summed E-state index contributed by atoms with van der Waals surface area (Å²) >= 11 is 2.88. The average Bonchev–Trinajstić information content (AvgIpc) is 3.44. The molecule has 2 heterocycles. The lowest BCUT2D eigenvalue weighted by molar-refractivity contribution is 0.102. The summed E-state index contributed by atoms with van der Waals surface area (Å²) in [6.45, 7) is 1.79. The molecule has 2 aromatic carbocycles. The van der Waals surface area contributed by atoms with Gasteiger partial charge < -0.3 is 5.32 Å². The second-order valence-electron chi connectivity index (χ2n) is 6.70. The highest BCUT2D eigenvalue weighted by Crippen LogP contribution is 2.31. The average molecular weight is 470 g/mol. The number of benzene rings is 2. The first-order valence-electron chi connectivity index (χ1n) is 9.33. The Kier molecular flexibility index (Phi) is 5.90. The first kappa shape index (κ1) is 21.2. The largest absolute Gasteiger partial charge is 0.321 e. The lowest BCUT2D eigenvalue weighted by Crippen LogP contribution is -2.26. The van der Waals surface area contributed by atoms with E-state index in [1.807, 2.05) is 23.6 Å². The first-order chi connectivity index (χ1) is 14.9. The predicted octanol–water partition coefficient (Wildman–Crippen LogP) is 5.26. The molecule has 0 bridgehead atoms. The van der Waals surface area contributed by atoms with Gasteiger partial charge >= 0.3 is 0 Å². The van der Waals surface area contributed by atoms with E-state index < -0.39 is 10.0 Å². The van der Waals surface area contributed by atoms with Crippen LogP contribution in [0.5, 0.6) is 0 Å². The van der Waals surface area contributed by atoms with Gasteiger partial charge in [0.1, 0.15) is 9.88 Å². The molecular weight excluding hydrogens is 450 g/mol. The van der Waals surface area contributed by atoms with Crippen molar-refractivity contribution in [2.45, 2.75) is 11.8 Å². The van der Waals surface area contributed by atoms with Crippen LogP contribution in [0.15, 0.2) is 77.0 Å². The number of thiophene rings is 1. The Morgan fingerprint density at radius 1 is 1.03 bits per heavy atom. The van der Waals surface area contributed by atoms with Gasteiger partial charge in [-0.05, 0) is 48.7 Å². The van der Waals surface area contributed by atoms with Gasteiger partial charge in [-0.2, -0.15) is 0 Å². The van der Waals surface area contributed by atoms with Crippen molar-refractivity contribution in [1.82, 2.24) is 4.98 Å². The maximum absolute atomic E-state index is 13.0. The summed E-state index contributed by atoms with van der Waals surface area (Å²) < 4.78 is 27.3. The quantitative estimate of drug-likeness (QED) is 0.418. The van der Waals surface area contributed by atoms with Gasteiger partial charge in [-0.1, -0.05) is 30.3 Å². The fourth-order valence-corrected chi connectivity index (χ4v) is 5.97. The fraction of sp³-hybridized carbons (Fsp3) is 0.0909. The van der Waals surface area contributed by atoms with Crippen LogP contribution in [0.25, 0.3) is 9.88 Å². The number of thiazole rings is 1. The van der Waals surface area contributed by atoms with Gasteiger partial charge in [0.2, 0.25) is 0 Å². The predicted molar refractivity (Wildman–Crippen MR) is 127 cm³/mol. The topological polar surface area (TPSA) is 79.4 Å². The van der Waals surface area contributed by atoms with E-state index in [0.29, 0.717) is 21.9 Å². The van der Waals surface area contributed by atoms with Crippen LogP contribution >= 0.6 is 22.7 Å². The second kappa shape index (κ2) is 8.62. The number of amides is 1. The molecule has 158 valence electrons. The van der Waals surface area contributed by atoms with Crippen molar-refractivity contribution < 1.29 is 13.2 Å². The standard InChI is InChI=1S/C22H19N3O3S3/c1-15-20(30-22(23-15)19-12-7-13-29-19)21(26)24-16-8-6-11-18(14-16)31(27,28)25(2)17-9-4-3-5-10-17/h3-14H,1-2H3,(H,24,26). The fourth-order valence-electron chi connectivity index (χ4n) is 2.97.